The molecule has 1 aliphatic heterocycles. The van der Waals surface area contributed by atoms with Crippen LogP contribution in [-0.2, 0) is 11.2 Å². The van der Waals surface area contributed by atoms with Gasteiger partial charge in [-0.15, -0.1) is 0 Å². The first-order chi connectivity index (χ1) is 14.7. The molecule has 0 radical (unpaired) electrons. The van der Waals surface area contributed by atoms with E-state index in [0.717, 1.165) is 37.2 Å². The number of carbonyl (C=O) groups excluding carboxylic acids is 1. The van der Waals surface area contributed by atoms with Gasteiger partial charge in [0.25, 0.3) is 0 Å². The van der Waals surface area contributed by atoms with E-state index in [-0.39, 0.29) is 5.91 Å². The SMILES string of the molecule is O=C(CCc1nc(-c2ccc(Cl)cc2)no1)N1CCC(COc2ccccc2)CC1. The fourth-order valence-corrected chi connectivity index (χ4v) is 3.65. The van der Waals surface area contributed by atoms with E-state index in [2.05, 4.69) is 10.1 Å². The summed E-state index contributed by atoms with van der Waals surface area (Å²) in [5.74, 6) is 2.48. The Hall–Kier alpha value is -2.86. The average Bonchev–Trinajstić information content (AvgIpc) is 3.27. The van der Waals surface area contributed by atoms with Crippen LogP contribution in [0, 0.1) is 5.92 Å². The lowest BCUT2D eigenvalue weighted by molar-refractivity contribution is -0.132. The van der Waals surface area contributed by atoms with Crippen molar-refractivity contribution >= 4 is 17.5 Å². The third-order valence-electron chi connectivity index (χ3n) is 5.32. The molecule has 2 aromatic carbocycles. The van der Waals surface area contributed by atoms with Crippen molar-refractivity contribution in [3.8, 4) is 17.1 Å². The molecule has 4 rings (SSSR count). The monoisotopic (exact) mass is 425 g/mol. The van der Waals surface area contributed by atoms with E-state index in [9.17, 15) is 4.79 Å². The zero-order valence-corrected chi connectivity index (χ0v) is 17.4. The largest absolute Gasteiger partial charge is 0.493 e. The van der Waals surface area contributed by atoms with Crippen molar-refractivity contribution in [1.29, 1.82) is 0 Å². The lowest BCUT2D eigenvalue weighted by atomic mass is 9.97. The number of aryl methyl sites for hydroxylation is 1. The molecule has 1 amide bonds. The van der Waals surface area contributed by atoms with Gasteiger partial charge in [-0.3, -0.25) is 4.79 Å². The molecule has 0 saturated carbocycles. The summed E-state index contributed by atoms with van der Waals surface area (Å²) in [6, 6.07) is 17.1. The minimum atomic E-state index is 0.128. The van der Waals surface area contributed by atoms with Crippen molar-refractivity contribution in [2.75, 3.05) is 19.7 Å². The highest BCUT2D eigenvalue weighted by molar-refractivity contribution is 6.30. The molecule has 7 heteroatoms. The number of para-hydroxylation sites is 1. The summed E-state index contributed by atoms with van der Waals surface area (Å²) in [5.41, 5.74) is 0.834. The molecule has 1 fully saturated rings. The van der Waals surface area contributed by atoms with Crippen LogP contribution in [0.3, 0.4) is 0 Å². The molecule has 1 aliphatic rings. The van der Waals surface area contributed by atoms with E-state index in [1.54, 1.807) is 12.1 Å². The van der Waals surface area contributed by atoms with Gasteiger partial charge in [0.2, 0.25) is 17.6 Å². The van der Waals surface area contributed by atoms with Crippen LogP contribution in [-0.4, -0.2) is 40.6 Å². The lowest BCUT2D eigenvalue weighted by Crippen LogP contribution is -2.39. The van der Waals surface area contributed by atoms with Crippen LogP contribution >= 0.6 is 11.6 Å². The second-order valence-electron chi connectivity index (χ2n) is 7.47. The van der Waals surface area contributed by atoms with Crippen molar-refractivity contribution in [3.05, 3.63) is 65.5 Å². The number of hydrogen-bond donors (Lipinski definition) is 0. The van der Waals surface area contributed by atoms with Crippen LogP contribution in [0.5, 0.6) is 5.75 Å². The number of piperidine rings is 1. The van der Waals surface area contributed by atoms with Gasteiger partial charge in [0.1, 0.15) is 5.75 Å². The Morgan fingerprint density at radius 2 is 1.83 bits per heavy atom. The smallest absolute Gasteiger partial charge is 0.227 e. The highest BCUT2D eigenvalue weighted by Crippen LogP contribution is 2.21. The van der Waals surface area contributed by atoms with Crippen molar-refractivity contribution in [2.45, 2.75) is 25.7 Å². The molecule has 156 valence electrons. The zero-order valence-electron chi connectivity index (χ0n) is 16.7. The predicted octanol–water partition coefficient (Wildman–Crippen LogP) is 4.64. The number of carbonyl (C=O) groups is 1. The van der Waals surface area contributed by atoms with Gasteiger partial charge < -0.3 is 14.2 Å². The van der Waals surface area contributed by atoms with Gasteiger partial charge in [-0.05, 0) is 55.2 Å². The molecule has 0 aliphatic carbocycles. The van der Waals surface area contributed by atoms with Crippen molar-refractivity contribution in [3.63, 3.8) is 0 Å². The van der Waals surface area contributed by atoms with E-state index in [1.807, 2.05) is 47.4 Å². The average molecular weight is 426 g/mol. The van der Waals surface area contributed by atoms with Gasteiger partial charge in [0, 0.05) is 36.5 Å². The highest BCUT2D eigenvalue weighted by atomic mass is 35.5. The predicted molar refractivity (Wildman–Crippen MR) is 114 cm³/mol. The van der Waals surface area contributed by atoms with Gasteiger partial charge in [-0.1, -0.05) is 35.0 Å². The first kappa shape index (κ1) is 20.4. The maximum atomic E-state index is 12.6. The maximum Gasteiger partial charge on any atom is 0.227 e. The molecule has 1 saturated heterocycles. The quantitative estimate of drug-likeness (QED) is 0.551. The first-order valence-electron chi connectivity index (χ1n) is 10.2. The second kappa shape index (κ2) is 9.76. The Kier molecular flexibility index (Phi) is 6.64. The molecule has 1 aromatic heterocycles. The number of rotatable bonds is 7. The van der Waals surface area contributed by atoms with Gasteiger partial charge >= 0.3 is 0 Å². The Balaban J connectivity index is 1.20. The van der Waals surface area contributed by atoms with Crippen LogP contribution in [0.1, 0.15) is 25.2 Å². The normalized spacial score (nSPS) is 14.6. The molecule has 0 bridgehead atoms. The zero-order chi connectivity index (χ0) is 20.8. The number of benzene rings is 2. The van der Waals surface area contributed by atoms with Crippen molar-refractivity contribution in [2.24, 2.45) is 5.92 Å². The molecule has 0 atom stereocenters. The molecule has 3 aromatic rings. The number of amides is 1. The molecular formula is C23H24ClN3O3. The molecular weight excluding hydrogens is 402 g/mol. The van der Waals surface area contributed by atoms with Crippen LogP contribution in [0.2, 0.25) is 5.02 Å². The second-order valence-corrected chi connectivity index (χ2v) is 7.90. The molecule has 0 N–H and O–H groups in total. The number of ether oxygens (including phenoxy) is 1. The summed E-state index contributed by atoms with van der Waals surface area (Å²) in [7, 11) is 0. The fourth-order valence-electron chi connectivity index (χ4n) is 3.52. The minimum Gasteiger partial charge on any atom is -0.493 e. The number of nitrogens with zero attached hydrogens (tertiary/aromatic N) is 3. The third kappa shape index (κ3) is 5.39. The van der Waals surface area contributed by atoms with Gasteiger partial charge in [-0.2, -0.15) is 4.98 Å². The summed E-state index contributed by atoms with van der Waals surface area (Å²) in [6.07, 6.45) is 2.73. The van der Waals surface area contributed by atoms with E-state index >= 15 is 0 Å². The van der Waals surface area contributed by atoms with Crippen LogP contribution in [0.4, 0.5) is 0 Å². The summed E-state index contributed by atoms with van der Waals surface area (Å²) >= 11 is 5.90. The minimum absolute atomic E-state index is 0.128. The Bertz CT molecular complexity index is 951. The molecule has 0 unspecified atom stereocenters. The summed E-state index contributed by atoms with van der Waals surface area (Å²) in [5, 5.41) is 4.65. The van der Waals surface area contributed by atoms with E-state index in [0.29, 0.717) is 42.1 Å². The van der Waals surface area contributed by atoms with E-state index in [4.69, 9.17) is 20.9 Å². The standard InChI is InChI=1S/C23H24ClN3O3/c24-19-8-6-18(7-9-19)23-25-21(30-26-23)10-11-22(28)27-14-12-17(13-15-27)16-29-20-4-2-1-3-5-20/h1-9,17H,10-16H2. The summed E-state index contributed by atoms with van der Waals surface area (Å²) in [4.78, 5) is 18.9. The first-order valence-corrected chi connectivity index (χ1v) is 10.6. The van der Waals surface area contributed by atoms with Gasteiger partial charge in [0.15, 0.2) is 0 Å². The van der Waals surface area contributed by atoms with Crippen molar-refractivity contribution in [1.82, 2.24) is 15.0 Å². The summed E-state index contributed by atoms with van der Waals surface area (Å²) in [6.45, 7) is 2.23. The number of aromatic nitrogens is 2. The number of halogens is 1. The van der Waals surface area contributed by atoms with Gasteiger partial charge in [-0.25, -0.2) is 0 Å². The molecule has 30 heavy (non-hydrogen) atoms. The van der Waals surface area contributed by atoms with E-state index in [1.165, 1.54) is 0 Å². The lowest BCUT2D eigenvalue weighted by Gasteiger charge is -2.32. The Morgan fingerprint density at radius 1 is 1.10 bits per heavy atom. The van der Waals surface area contributed by atoms with E-state index < -0.39 is 0 Å². The van der Waals surface area contributed by atoms with Crippen LogP contribution in [0.25, 0.3) is 11.4 Å². The molecule has 6 nitrogen and oxygen atoms in total. The Labute approximate surface area is 180 Å². The van der Waals surface area contributed by atoms with Crippen molar-refractivity contribution < 1.29 is 14.1 Å². The van der Waals surface area contributed by atoms with Crippen LogP contribution < -0.4 is 4.74 Å². The maximum absolute atomic E-state index is 12.6. The molecule has 0 spiro atoms. The third-order valence-corrected chi connectivity index (χ3v) is 5.57. The van der Waals surface area contributed by atoms with Gasteiger partial charge in [0.05, 0.1) is 6.61 Å². The fraction of sp³-hybridized carbons (Fsp3) is 0.348. The Morgan fingerprint density at radius 3 is 2.57 bits per heavy atom. The highest BCUT2D eigenvalue weighted by Gasteiger charge is 2.23. The summed E-state index contributed by atoms with van der Waals surface area (Å²) < 4.78 is 11.2. The molecule has 2 heterocycles. The van der Waals surface area contributed by atoms with Crippen LogP contribution in [0.15, 0.2) is 59.1 Å². The topological polar surface area (TPSA) is 68.5 Å². The number of hydrogen-bond acceptors (Lipinski definition) is 5. The number of likely N-dealkylation sites (tertiary alicyclic amines) is 1.